The first kappa shape index (κ1) is 18.1. The number of H-pyrrole nitrogens is 1. The van der Waals surface area contributed by atoms with Crippen LogP contribution in [0.1, 0.15) is 12.6 Å². The van der Waals surface area contributed by atoms with Crippen molar-refractivity contribution in [2.45, 2.75) is 31.0 Å². The standard InChI is InChI=1S/C12H19N2O8P/c1-20-9-7(4-6-23(17,18)19)22-11(10(9)21-2)14-5-3-8(15)13-12(14)16/h3,5,7,9-11H,4,6H2,1-2H3,(H,13,15,16)(H2,17,18,19)/t7-,9?,10?,11-/m1/s1. The van der Waals surface area contributed by atoms with Crippen molar-refractivity contribution in [3.05, 3.63) is 33.1 Å². The zero-order chi connectivity index (χ0) is 17.2. The summed E-state index contributed by atoms with van der Waals surface area (Å²) in [4.78, 5) is 43.2. The van der Waals surface area contributed by atoms with Crippen LogP contribution in [0.5, 0.6) is 0 Å². The number of hydrogen-bond donors (Lipinski definition) is 3. The number of methoxy groups -OCH3 is 2. The lowest BCUT2D eigenvalue weighted by Gasteiger charge is -2.22. The van der Waals surface area contributed by atoms with E-state index < -0.39 is 43.4 Å². The predicted octanol–water partition coefficient (Wildman–Crippen LogP) is -0.968. The van der Waals surface area contributed by atoms with Gasteiger partial charge in [0.15, 0.2) is 6.23 Å². The Labute approximate surface area is 131 Å². The number of ether oxygens (including phenoxy) is 3. The molecule has 0 saturated carbocycles. The van der Waals surface area contributed by atoms with Crippen LogP contribution in [-0.4, -0.2) is 58.0 Å². The molecule has 2 rings (SSSR count). The molecule has 0 radical (unpaired) electrons. The van der Waals surface area contributed by atoms with Gasteiger partial charge in [0, 0.05) is 26.5 Å². The van der Waals surface area contributed by atoms with Gasteiger partial charge in [0.1, 0.15) is 12.2 Å². The van der Waals surface area contributed by atoms with Crippen molar-refractivity contribution in [2.24, 2.45) is 0 Å². The molecule has 2 heterocycles. The maximum absolute atomic E-state index is 11.9. The Bertz CT molecular complexity index is 695. The molecule has 1 fully saturated rings. The molecule has 23 heavy (non-hydrogen) atoms. The Morgan fingerprint density at radius 1 is 1.30 bits per heavy atom. The second-order valence-corrected chi connectivity index (χ2v) is 6.94. The molecule has 11 heteroatoms. The summed E-state index contributed by atoms with van der Waals surface area (Å²) in [5.74, 6) is 0. The molecule has 10 nitrogen and oxygen atoms in total. The Morgan fingerprint density at radius 3 is 2.48 bits per heavy atom. The number of rotatable bonds is 6. The van der Waals surface area contributed by atoms with E-state index in [-0.39, 0.29) is 12.6 Å². The Hall–Kier alpha value is -1.29. The second-order valence-electron chi connectivity index (χ2n) is 5.16. The molecule has 0 bridgehead atoms. The molecule has 1 aliphatic heterocycles. The lowest BCUT2D eigenvalue weighted by atomic mass is 10.1. The van der Waals surface area contributed by atoms with Crippen LogP contribution in [0.2, 0.25) is 0 Å². The number of nitrogens with zero attached hydrogens (tertiary/aromatic N) is 1. The van der Waals surface area contributed by atoms with Gasteiger partial charge in [0.05, 0.1) is 12.3 Å². The third-order valence-corrected chi connectivity index (χ3v) is 4.50. The van der Waals surface area contributed by atoms with Gasteiger partial charge < -0.3 is 24.0 Å². The summed E-state index contributed by atoms with van der Waals surface area (Å²) in [5, 5.41) is 0. The van der Waals surface area contributed by atoms with Crippen LogP contribution in [0, 0.1) is 0 Å². The average molecular weight is 350 g/mol. The van der Waals surface area contributed by atoms with E-state index >= 15 is 0 Å². The lowest BCUT2D eigenvalue weighted by molar-refractivity contribution is -0.0559. The molecular formula is C12H19N2O8P. The van der Waals surface area contributed by atoms with Crippen LogP contribution in [-0.2, 0) is 18.8 Å². The molecule has 1 aliphatic rings. The van der Waals surface area contributed by atoms with E-state index in [0.717, 1.165) is 4.57 Å². The fourth-order valence-corrected chi connectivity index (χ4v) is 3.21. The fraction of sp³-hybridized carbons (Fsp3) is 0.667. The molecule has 2 unspecified atom stereocenters. The van der Waals surface area contributed by atoms with Crippen molar-refractivity contribution >= 4 is 7.60 Å². The molecular weight excluding hydrogens is 331 g/mol. The number of hydrogen-bond acceptors (Lipinski definition) is 6. The SMILES string of the molecule is COC1C(OC)[C@@H](CCP(=O)(O)O)O[C@H]1n1ccc(=O)[nH]c1=O. The molecule has 4 atom stereocenters. The molecule has 1 saturated heterocycles. The molecule has 1 aromatic rings. The van der Waals surface area contributed by atoms with E-state index in [1.807, 2.05) is 0 Å². The third-order valence-electron chi connectivity index (χ3n) is 3.66. The van der Waals surface area contributed by atoms with Gasteiger partial charge in [-0.3, -0.25) is 18.9 Å². The molecule has 130 valence electrons. The Kier molecular flexibility index (Phi) is 5.56. The van der Waals surface area contributed by atoms with E-state index in [2.05, 4.69) is 4.98 Å². The highest BCUT2D eigenvalue weighted by molar-refractivity contribution is 7.51. The lowest BCUT2D eigenvalue weighted by Crippen LogP contribution is -2.39. The first-order valence-electron chi connectivity index (χ1n) is 6.84. The molecule has 0 aliphatic carbocycles. The van der Waals surface area contributed by atoms with Crippen LogP contribution < -0.4 is 11.2 Å². The van der Waals surface area contributed by atoms with E-state index in [0.29, 0.717) is 0 Å². The van der Waals surface area contributed by atoms with Gasteiger partial charge in [-0.1, -0.05) is 0 Å². The van der Waals surface area contributed by atoms with Crippen molar-refractivity contribution in [1.82, 2.24) is 9.55 Å². The van der Waals surface area contributed by atoms with Gasteiger partial charge in [0.2, 0.25) is 0 Å². The van der Waals surface area contributed by atoms with Gasteiger partial charge in [-0.05, 0) is 6.42 Å². The quantitative estimate of drug-likeness (QED) is 0.557. The topological polar surface area (TPSA) is 140 Å². The molecule has 0 aromatic carbocycles. The second kappa shape index (κ2) is 7.08. The predicted molar refractivity (Wildman–Crippen MR) is 78.4 cm³/mol. The summed E-state index contributed by atoms with van der Waals surface area (Å²) in [6, 6.07) is 1.17. The third kappa shape index (κ3) is 4.17. The van der Waals surface area contributed by atoms with E-state index in [9.17, 15) is 14.2 Å². The Balaban J connectivity index is 2.28. The van der Waals surface area contributed by atoms with Gasteiger partial charge in [-0.2, -0.15) is 0 Å². The largest absolute Gasteiger partial charge is 0.376 e. The zero-order valence-electron chi connectivity index (χ0n) is 12.6. The average Bonchev–Trinajstić information content (AvgIpc) is 2.81. The maximum Gasteiger partial charge on any atom is 0.330 e. The smallest absolute Gasteiger partial charge is 0.330 e. The van der Waals surface area contributed by atoms with Gasteiger partial charge >= 0.3 is 13.3 Å². The van der Waals surface area contributed by atoms with Crippen molar-refractivity contribution in [3.8, 4) is 0 Å². The molecule has 0 spiro atoms. The van der Waals surface area contributed by atoms with E-state index in [1.165, 1.54) is 26.5 Å². The van der Waals surface area contributed by atoms with Gasteiger partial charge in [0.25, 0.3) is 5.56 Å². The van der Waals surface area contributed by atoms with Gasteiger partial charge in [-0.25, -0.2) is 4.79 Å². The first-order chi connectivity index (χ1) is 10.8. The van der Waals surface area contributed by atoms with E-state index in [4.69, 9.17) is 24.0 Å². The minimum atomic E-state index is -4.18. The fourth-order valence-electron chi connectivity index (χ4n) is 2.62. The minimum Gasteiger partial charge on any atom is -0.376 e. The number of aromatic amines is 1. The number of aromatic nitrogens is 2. The summed E-state index contributed by atoms with van der Waals surface area (Å²) in [7, 11) is -1.35. The summed E-state index contributed by atoms with van der Waals surface area (Å²) < 4.78 is 28.6. The van der Waals surface area contributed by atoms with Gasteiger partial charge in [-0.15, -0.1) is 0 Å². The van der Waals surface area contributed by atoms with Crippen LogP contribution in [0.15, 0.2) is 21.9 Å². The van der Waals surface area contributed by atoms with Crippen molar-refractivity contribution < 1.29 is 28.6 Å². The Morgan fingerprint density at radius 2 is 1.96 bits per heavy atom. The highest BCUT2D eigenvalue weighted by atomic mass is 31.2. The van der Waals surface area contributed by atoms with E-state index in [1.54, 1.807) is 0 Å². The molecule has 0 amide bonds. The van der Waals surface area contributed by atoms with Crippen LogP contribution >= 0.6 is 7.60 Å². The van der Waals surface area contributed by atoms with Crippen LogP contribution in [0.3, 0.4) is 0 Å². The minimum absolute atomic E-state index is 0.0389. The summed E-state index contributed by atoms with van der Waals surface area (Å²) in [6.45, 7) is 0. The number of nitrogens with one attached hydrogen (secondary N) is 1. The summed E-state index contributed by atoms with van der Waals surface area (Å²) >= 11 is 0. The van der Waals surface area contributed by atoms with Crippen LogP contribution in [0.25, 0.3) is 0 Å². The first-order valence-corrected chi connectivity index (χ1v) is 8.63. The normalized spacial score (nSPS) is 28.2. The van der Waals surface area contributed by atoms with Crippen LogP contribution in [0.4, 0.5) is 0 Å². The summed E-state index contributed by atoms with van der Waals surface area (Å²) in [6.07, 6.45) is -1.90. The maximum atomic E-state index is 11.9. The monoisotopic (exact) mass is 350 g/mol. The highest BCUT2D eigenvalue weighted by Gasteiger charge is 2.46. The highest BCUT2D eigenvalue weighted by Crippen LogP contribution is 2.40. The summed E-state index contributed by atoms with van der Waals surface area (Å²) in [5.41, 5.74) is -1.21. The zero-order valence-corrected chi connectivity index (χ0v) is 13.5. The van der Waals surface area contributed by atoms with Crippen molar-refractivity contribution in [1.29, 1.82) is 0 Å². The van der Waals surface area contributed by atoms with Crippen molar-refractivity contribution in [2.75, 3.05) is 20.4 Å². The van der Waals surface area contributed by atoms with Crippen molar-refractivity contribution in [3.63, 3.8) is 0 Å². The molecule has 1 aromatic heterocycles. The molecule has 3 N–H and O–H groups in total.